The number of alkyl halides is 1. The van der Waals surface area contributed by atoms with Gasteiger partial charge in [-0.1, -0.05) is 34.1 Å². The van der Waals surface area contributed by atoms with E-state index in [9.17, 15) is 12.8 Å². The lowest BCUT2D eigenvalue weighted by Crippen LogP contribution is -2.50. The van der Waals surface area contributed by atoms with Crippen molar-refractivity contribution < 1.29 is 17.5 Å². The van der Waals surface area contributed by atoms with Crippen molar-refractivity contribution in [2.75, 3.05) is 38.2 Å². The Bertz CT molecular complexity index is 652. The first-order chi connectivity index (χ1) is 11.0. The van der Waals surface area contributed by atoms with Gasteiger partial charge in [0.2, 0.25) is 0 Å². The molecule has 0 aromatic heterocycles. The molecule has 0 aliphatic carbocycles. The number of hydrogen-bond acceptors (Lipinski definition) is 3. The first-order valence-corrected chi connectivity index (χ1v) is 10.2. The fourth-order valence-corrected chi connectivity index (χ4v) is 5.88. The largest absolute Gasteiger partial charge is 0.379 e. The molecule has 2 fully saturated rings. The van der Waals surface area contributed by atoms with Crippen LogP contribution in [0.4, 0.5) is 4.39 Å². The molecule has 5 nitrogen and oxygen atoms in total. The minimum absolute atomic E-state index is 0.116. The molecule has 0 spiro atoms. The molecule has 0 saturated carbocycles. The maximum atomic E-state index is 14.0. The molecule has 0 unspecified atom stereocenters. The molecule has 2 atom stereocenters. The standard InChI is InChI=1S/C15H20BrFN2O3S/c16-10-13-9-12(14-3-1-2-4-15(14)17)11-19(13)23(20,21)18-5-7-22-8-6-18/h1-4,12-13H,5-11H2/t12-,13-/m0/s1. The Labute approximate surface area is 144 Å². The summed E-state index contributed by atoms with van der Waals surface area (Å²) in [4.78, 5) is 0. The van der Waals surface area contributed by atoms with Crippen LogP contribution in [0, 0.1) is 5.82 Å². The molecule has 0 N–H and O–H groups in total. The van der Waals surface area contributed by atoms with Crippen LogP contribution in [0.25, 0.3) is 0 Å². The van der Waals surface area contributed by atoms with Gasteiger partial charge in [0.05, 0.1) is 13.2 Å². The van der Waals surface area contributed by atoms with E-state index < -0.39 is 10.2 Å². The van der Waals surface area contributed by atoms with Crippen LogP contribution in [0.15, 0.2) is 24.3 Å². The molecule has 3 rings (SSSR count). The zero-order chi connectivity index (χ0) is 16.4. The topological polar surface area (TPSA) is 49.9 Å². The Hall–Kier alpha value is -0.540. The zero-order valence-corrected chi connectivity index (χ0v) is 15.1. The number of benzene rings is 1. The molecule has 23 heavy (non-hydrogen) atoms. The van der Waals surface area contributed by atoms with Crippen molar-refractivity contribution in [2.45, 2.75) is 18.4 Å². The van der Waals surface area contributed by atoms with Gasteiger partial charge in [-0.2, -0.15) is 17.0 Å². The van der Waals surface area contributed by atoms with Gasteiger partial charge in [-0.3, -0.25) is 0 Å². The second-order valence-corrected chi connectivity index (χ2v) is 8.38. The Morgan fingerprint density at radius 3 is 2.61 bits per heavy atom. The Morgan fingerprint density at radius 2 is 1.96 bits per heavy atom. The molecule has 128 valence electrons. The number of rotatable bonds is 4. The lowest BCUT2D eigenvalue weighted by Gasteiger charge is -2.32. The Morgan fingerprint density at radius 1 is 1.26 bits per heavy atom. The summed E-state index contributed by atoms with van der Waals surface area (Å²) in [5.41, 5.74) is 0.595. The minimum atomic E-state index is -3.54. The van der Waals surface area contributed by atoms with Gasteiger partial charge in [0.25, 0.3) is 10.2 Å². The van der Waals surface area contributed by atoms with Crippen LogP contribution < -0.4 is 0 Å². The Balaban J connectivity index is 1.83. The first kappa shape index (κ1) is 17.3. The number of morpholine rings is 1. The average molecular weight is 407 g/mol. The maximum Gasteiger partial charge on any atom is 0.282 e. The van der Waals surface area contributed by atoms with Gasteiger partial charge in [0.15, 0.2) is 0 Å². The SMILES string of the molecule is O=S(=O)(N1CCOCC1)N1C[C@@H](c2ccccc2F)C[C@H]1CBr. The number of nitrogens with zero attached hydrogens (tertiary/aromatic N) is 2. The third-order valence-electron chi connectivity index (χ3n) is 4.48. The smallest absolute Gasteiger partial charge is 0.282 e. The van der Waals surface area contributed by atoms with Crippen LogP contribution in [0.2, 0.25) is 0 Å². The third kappa shape index (κ3) is 3.46. The fourth-order valence-electron chi connectivity index (χ4n) is 3.27. The molecule has 0 bridgehead atoms. The summed E-state index contributed by atoms with van der Waals surface area (Å²) in [6.07, 6.45) is 0.621. The highest BCUT2D eigenvalue weighted by atomic mass is 79.9. The molecule has 2 saturated heterocycles. The molecule has 8 heteroatoms. The van der Waals surface area contributed by atoms with E-state index in [2.05, 4.69) is 15.9 Å². The monoisotopic (exact) mass is 406 g/mol. The fraction of sp³-hybridized carbons (Fsp3) is 0.600. The summed E-state index contributed by atoms with van der Waals surface area (Å²) in [6.45, 7) is 1.90. The van der Waals surface area contributed by atoms with E-state index in [4.69, 9.17) is 4.74 Å². The number of ether oxygens (including phenoxy) is 1. The van der Waals surface area contributed by atoms with Gasteiger partial charge in [-0.15, -0.1) is 0 Å². The molecule has 1 aromatic rings. The van der Waals surface area contributed by atoms with Gasteiger partial charge in [0, 0.05) is 36.9 Å². The molecular formula is C15H20BrFN2O3S. The van der Waals surface area contributed by atoms with Crippen molar-refractivity contribution in [3.8, 4) is 0 Å². The lowest BCUT2D eigenvalue weighted by molar-refractivity contribution is 0.0700. The average Bonchev–Trinajstić information content (AvgIpc) is 3.01. The number of halogens is 2. The van der Waals surface area contributed by atoms with E-state index in [0.29, 0.717) is 50.2 Å². The zero-order valence-electron chi connectivity index (χ0n) is 12.7. The van der Waals surface area contributed by atoms with Gasteiger partial charge in [-0.05, 0) is 18.1 Å². The van der Waals surface area contributed by atoms with Gasteiger partial charge in [-0.25, -0.2) is 4.39 Å². The minimum Gasteiger partial charge on any atom is -0.379 e. The summed E-state index contributed by atoms with van der Waals surface area (Å²) >= 11 is 3.41. The van der Waals surface area contributed by atoms with Gasteiger partial charge >= 0.3 is 0 Å². The van der Waals surface area contributed by atoms with E-state index in [1.807, 2.05) is 0 Å². The van der Waals surface area contributed by atoms with Gasteiger partial charge < -0.3 is 4.74 Å². The van der Waals surface area contributed by atoms with Crippen LogP contribution in [0.1, 0.15) is 17.9 Å². The highest BCUT2D eigenvalue weighted by Crippen LogP contribution is 2.36. The van der Waals surface area contributed by atoms with E-state index >= 15 is 0 Å². The summed E-state index contributed by atoms with van der Waals surface area (Å²) in [5, 5.41) is 0.543. The predicted molar refractivity (Wildman–Crippen MR) is 89.4 cm³/mol. The normalized spacial score (nSPS) is 27.4. The van der Waals surface area contributed by atoms with Gasteiger partial charge in [0.1, 0.15) is 5.82 Å². The third-order valence-corrected chi connectivity index (χ3v) is 7.29. The molecule has 2 aliphatic rings. The second-order valence-electron chi connectivity index (χ2n) is 5.85. The highest BCUT2D eigenvalue weighted by Gasteiger charge is 2.43. The van der Waals surface area contributed by atoms with Crippen molar-refractivity contribution >= 4 is 26.1 Å². The van der Waals surface area contributed by atoms with Crippen LogP contribution in [0.3, 0.4) is 0 Å². The van der Waals surface area contributed by atoms with E-state index in [-0.39, 0.29) is 17.8 Å². The lowest BCUT2D eigenvalue weighted by atomic mass is 9.96. The second kappa shape index (κ2) is 7.14. The van der Waals surface area contributed by atoms with E-state index in [1.54, 1.807) is 18.2 Å². The van der Waals surface area contributed by atoms with Crippen LogP contribution in [-0.4, -0.2) is 61.2 Å². The summed E-state index contributed by atoms with van der Waals surface area (Å²) in [6, 6.07) is 6.46. The first-order valence-electron chi connectivity index (χ1n) is 7.69. The summed E-state index contributed by atoms with van der Waals surface area (Å²) in [5.74, 6) is -0.383. The van der Waals surface area contributed by atoms with Crippen LogP contribution in [0.5, 0.6) is 0 Å². The van der Waals surface area contributed by atoms with E-state index in [0.717, 1.165) is 0 Å². The van der Waals surface area contributed by atoms with Crippen molar-refractivity contribution in [2.24, 2.45) is 0 Å². The van der Waals surface area contributed by atoms with E-state index in [1.165, 1.54) is 14.7 Å². The summed E-state index contributed by atoms with van der Waals surface area (Å²) in [7, 11) is -3.54. The molecule has 1 aromatic carbocycles. The quantitative estimate of drug-likeness (QED) is 0.718. The highest BCUT2D eigenvalue weighted by molar-refractivity contribution is 9.09. The molecular weight excluding hydrogens is 387 g/mol. The molecule has 0 radical (unpaired) electrons. The molecule has 2 heterocycles. The summed E-state index contributed by atoms with van der Waals surface area (Å²) < 4.78 is 48.1. The number of hydrogen-bond donors (Lipinski definition) is 0. The van der Waals surface area contributed by atoms with Crippen LogP contribution in [-0.2, 0) is 14.9 Å². The van der Waals surface area contributed by atoms with Crippen LogP contribution >= 0.6 is 15.9 Å². The predicted octanol–water partition coefficient (Wildman–Crippen LogP) is 1.96. The van der Waals surface area contributed by atoms with Crippen molar-refractivity contribution in [3.63, 3.8) is 0 Å². The molecule has 2 aliphatic heterocycles. The Kier molecular flexibility index (Phi) is 5.37. The maximum absolute atomic E-state index is 14.0. The van der Waals surface area contributed by atoms with Crippen molar-refractivity contribution in [1.29, 1.82) is 0 Å². The van der Waals surface area contributed by atoms with Crippen molar-refractivity contribution in [1.82, 2.24) is 8.61 Å². The molecule has 0 amide bonds. The van der Waals surface area contributed by atoms with Crippen molar-refractivity contribution in [3.05, 3.63) is 35.6 Å².